The number of hydrogen-bond acceptors (Lipinski definition) is 3. The molecule has 0 saturated carbocycles. The normalized spacial score (nSPS) is 11.6. The van der Waals surface area contributed by atoms with Gasteiger partial charge in [0.2, 0.25) is 0 Å². The second-order valence-corrected chi connectivity index (χ2v) is 5.19. The Hall–Kier alpha value is -1.01. The summed E-state index contributed by atoms with van der Waals surface area (Å²) in [6.07, 6.45) is 11.8. The van der Waals surface area contributed by atoms with E-state index in [1.54, 1.807) is 0 Å². The second kappa shape index (κ2) is 14.4. The minimum absolute atomic E-state index is 0.185. The molecule has 0 rings (SSSR count). The van der Waals surface area contributed by atoms with E-state index in [0.717, 1.165) is 19.3 Å². The molecule has 0 aromatic heterocycles. The molecular weight excluding hydrogens is 252 g/mol. The highest BCUT2D eigenvalue weighted by atomic mass is 16.5. The van der Waals surface area contributed by atoms with Crippen LogP contribution in [-0.4, -0.2) is 23.8 Å². The van der Waals surface area contributed by atoms with Gasteiger partial charge in [0.25, 0.3) is 0 Å². The van der Waals surface area contributed by atoms with Gasteiger partial charge in [-0.1, -0.05) is 70.1 Å². The van der Waals surface area contributed by atoms with Crippen molar-refractivity contribution < 1.29 is 14.6 Å². The molecule has 0 radical (unpaired) electrons. The zero-order valence-corrected chi connectivity index (χ0v) is 13.1. The van der Waals surface area contributed by atoms with Gasteiger partial charge in [-0.05, 0) is 12.8 Å². The number of rotatable bonds is 11. The van der Waals surface area contributed by atoms with Crippen LogP contribution in [0.4, 0.5) is 0 Å². The van der Waals surface area contributed by atoms with Crippen molar-refractivity contribution in [1.29, 1.82) is 0 Å². The largest absolute Gasteiger partial charge is 0.449 e. The number of aliphatic hydroxyl groups excluding tert-OH is 1. The molecule has 1 N–H and O–H groups in total. The van der Waals surface area contributed by atoms with E-state index in [4.69, 9.17) is 9.84 Å². The average molecular weight is 282 g/mol. The lowest BCUT2D eigenvalue weighted by atomic mass is 10.1. The van der Waals surface area contributed by atoms with Crippen LogP contribution in [0, 0.1) is 11.8 Å². The second-order valence-electron chi connectivity index (χ2n) is 5.19. The van der Waals surface area contributed by atoms with Gasteiger partial charge in [0, 0.05) is 6.92 Å². The van der Waals surface area contributed by atoms with Gasteiger partial charge in [-0.2, -0.15) is 0 Å². The van der Waals surface area contributed by atoms with Gasteiger partial charge in [-0.15, -0.1) is 0 Å². The molecule has 0 aromatic carbocycles. The first-order valence-corrected chi connectivity index (χ1v) is 7.97. The van der Waals surface area contributed by atoms with Gasteiger partial charge < -0.3 is 9.84 Å². The minimum atomic E-state index is -0.357. The van der Waals surface area contributed by atoms with Gasteiger partial charge in [0.15, 0.2) is 6.10 Å². The Morgan fingerprint density at radius 1 is 1.05 bits per heavy atom. The Kier molecular flexibility index (Phi) is 13.7. The van der Waals surface area contributed by atoms with Crippen LogP contribution in [0.25, 0.3) is 0 Å². The number of ether oxygens (including phenoxy) is 1. The molecule has 1 unspecified atom stereocenters. The summed E-state index contributed by atoms with van der Waals surface area (Å²) < 4.78 is 5.10. The molecule has 0 amide bonds. The monoisotopic (exact) mass is 282 g/mol. The van der Waals surface area contributed by atoms with Gasteiger partial charge >= 0.3 is 5.97 Å². The summed E-state index contributed by atoms with van der Waals surface area (Å²) in [5.41, 5.74) is 0. The minimum Gasteiger partial charge on any atom is -0.449 e. The highest BCUT2D eigenvalue weighted by Crippen LogP contribution is 2.12. The highest BCUT2D eigenvalue weighted by molar-refractivity contribution is 5.66. The quantitative estimate of drug-likeness (QED) is 0.356. The fraction of sp³-hybridized carbons (Fsp3) is 0.824. The van der Waals surface area contributed by atoms with Crippen LogP contribution >= 0.6 is 0 Å². The first-order valence-electron chi connectivity index (χ1n) is 7.97. The van der Waals surface area contributed by atoms with Crippen molar-refractivity contribution in [1.82, 2.24) is 0 Å². The Morgan fingerprint density at radius 2 is 1.60 bits per heavy atom. The maximum Gasteiger partial charge on any atom is 0.303 e. The molecule has 0 aromatic rings. The highest BCUT2D eigenvalue weighted by Gasteiger charge is 2.07. The summed E-state index contributed by atoms with van der Waals surface area (Å²) in [6.45, 7) is 3.44. The molecule has 0 aliphatic rings. The van der Waals surface area contributed by atoms with Crippen molar-refractivity contribution in [3.63, 3.8) is 0 Å². The summed E-state index contributed by atoms with van der Waals surface area (Å²) in [5, 5.41) is 8.67. The third-order valence-corrected chi connectivity index (χ3v) is 3.22. The molecule has 0 bridgehead atoms. The predicted molar refractivity (Wildman–Crippen MR) is 82.3 cm³/mol. The Balaban J connectivity index is 3.55. The van der Waals surface area contributed by atoms with E-state index in [1.807, 2.05) is 0 Å². The number of carbonyl (C=O) groups is 1. The molecule has 0 heterocycles. The molecule has 1 atom stereocenters. The van der Waals surface area contributed by atoms with E-state index in [-0.39, 0.29) is 18.7 Å². The van der Waals surface area contributed by atoms with Gasteiger partial charge in [-0.3, -0.25) is 4.79 Å². The van der Waals surface area contributed by atoms with Crippen molar-refractivity contribution in [2.75, 3.05) is 6.61 Å². The van der Waals surface area contributed by atoms with E-state index in [9.17, 15) is 4.79 Å². The predicted octanol–water partition coefficient (Wildman–Crippen LogP) is 3.83. The van der Waals surface area contributed by atoms with Crippen molar-refractivity contribution in [3.05, 3.63) is 0 Å². The van der Waals surface area contributed by atoms with Crippen LogP contribution < -0.4 is 0 Å². The molecular formula is C17H30O3. The van der Waals surface area contributed by atoms with E-state index in [1.165, 1.54) is 51.9 Å². The molecule has 20 heavy (non-hydrogen) atoms. The summed E-state index contributed by atoms with van der Waals surface area (Å²) in [7, 11) is 0. The maximum atomic E-state index is 10.9. The Morgan fingerprint density at radius 3 is 2.10 bits per heavy atom. The van der Waals surface area contributed by atoms with E-state index in [2.05, 4.69) is 18.8 Å². The molecule has 3 heteroatoms. The molecule has 0 fully saturated rings. The lowest BCUT2D eigenvalue weighted by molar-refractivity contribution is -0.144. The van der Waals surface area contributed by atoms with E-state index in [0.29, 0.717) is 0 Å². The first-order chi connectivity index (χ1) is 9.70. The van der Waals surface area contributed by atoms with Crippen LogP contribution in [0.15, 0.2) is 0 Å². The summed E-state index contributed by atoms with van der Waals surface area (Å²) in [5.74, 6) is 5.04. The van der Waals surface area contributed by atoms with Crippen LogP contribution in [0.2, 0.25) is 0 Å². The lowest BCUT2D eigenvalue weighted by Gasteiger charge is -2.10. The van der Waals surface area contributed by atoms with Crippen LogP contribution in [0.3, 0.4) is 0 Å². The fourth-order valence-corrected chi connectivity index (χ4v) is 2.16. The number of hydrogen-bond donors (Lipinski definition) is 1. The molecule has 0 aliphatic carbocycles. The van der Waals surface area contributed by atoms with Gasteiger partial charge in [-0.25, -0.2) is 0 Å². The summed E-state index contributed by atoms with van der Waals surface area (Å²) in [6, 6.07) is 0. The van der Waals surface area contributed by atoms with E-state index >= 15 is 0 Å². The zero-order chi connectivity index (χ0) is 15.1. The van der Waals surface area contributed by atoms with Crippen molar-refractivity contribution in [2.24, 2.45) is 0 Å². The maximum absolute atomic E-state index is 10.9. The molecule has 0 saturated heterocycles. The third kappa shape index (κ3) is 13.4. The number of esters is 1. The topological polar surface area (TPSA) is 46.5 Å². The average Bonchev–Trinajstić information content (AvgIpc) is 2.42. The third-order valence-electron chi connectivity index (χ3n) is 3.22. The standard InChI is InChI=1S/C17H30O3/c1-3-4-5-6-7-8-9-10-11-13-17(14-12-15-18)20-16(2)19/h17-18H,3-11,13,15H2,1-2H3. The SMILES string of the molecule is CCCCCCCCCCCC(C#CCO)OC(C)=O. The van der Waals surface area contributed by atoms with Crippen molar-refractivity contribution in [3.8, 4) is 11.8 Å². The fourth-order valence-electron chi connectivity index (χ4n) is 2.16. The van der Waals surface area contributed by atoms with Crippen LogP contribution in [0.1, 0.15) is 78.1 Å². The summed E-state index contributed by atoms with van der Waals surface area (Å²) in [4.78, 5) is 10.9. The Bertz CT molecular complexity index is 288. The molecule has 116 valence electrons. The van der Waals surface area contributed by atoms with E-state index < -0.39 is 0 Å². The Labute approximate surface area is 124 Å². The lowest BCUT2D eigenvalue weighted by Crippen LogP contribution is -2.14. The number of unbranched alkanes of at least 4 members (excludes halogenated alkanes) is 8. The molecule has 0 spiro atoms. The smallest absolute Gasteiger partial charge is 0.303 e. The zero-order valence-electron chi connectivity index (χ0n) is 13.1. The van der Waals surface area contributed by atoms with Gasteiger partial charge in [0.05, 0.1) is 0 Å². The van der Waals surface area contributed by atoms with Crippen molar-refractivity contribution >= 4 is 5.97 Å². The first kappa shape index (κ1) is 19.0. The number of aliphatic hydroxyl groups is 1. The van der Waals surface area contributed by atoms with Crippen LogP contribution in [-0.2, 0) is 9.53 Å². The molecule has 3 nitrogen and oxygen atoms in total. The summed E-state index contributed by atoms with van der Waals surface area (Å²) >= 11 is 0. The van der Waals surface area contributed by atoms with Crippen molar-refractivity contribution in [2.45, 2.75) is 84.2 Å². The number of carbonyl (C=O) groups excluding carboxylic acids is 1. The van der Waals surface area contributed by atoms with Crippen LogP contribution in [0.5, 0.6) is 0 Å². The van der Waals surface area contributed by atoms with Gasteiger partial charge in [0.1, 0.15) is 6.61 Å². The molecule has 0 aliphatic heterocycles.